The molecule has 164 valence electrons. The van der Waals surface area contributed by atoms with Crippen molar-refractivity contribution >= 4 is 6.09 Å². The van der Waals surface area contributed by atoms with Gasteiger partial charge in [-0.1, -0.05) is 68.3 Å². The van der Waals surface area contributed by atoms with Crippen molar-refractivity contribution in [3.63, 3.8) is 0 Å². The number of carbonyl (C=O) groups excluding carboxylic acids is 1. The standard InChI is InChI=1S/C26H38N2O2/c1-5-6-17-23-20-27(25(29)30-26(2,3)4)18-19-28(23)24(21-13-9-7-10-14-21)22-15-11-8-12-16-22/h7,9-11,13-16,23-24H,5-6,8,12,17-20H2,1-4H3. The molecule has 0 spiro atoms. The third-order valence-electron chi connectivity index (χ3n) is 5.86. The first kappa shape index (κ1) is 22.6. The van der Waals surface area contributed by atoms with Crippen LogP contribution in [0.1, 0.15) is 71.4 Å². The van der Waals surface area contributed by atoms with Crippen LogP contribution in [0, 0.1) is 0 Å². The third kappa shape index (κ3) is 5.98. The smallest absolute Gasteiger partial charge is 0.410 e. The van der Waals surface area contributed by atoms with Gasteiger partial charge in [0.1, 0.15) is 5.60 Å². The van der Waals surface area contributed by atoms with Crippen LogP contribution < -0.4 is 0 Å². The van der Waals surface area contributed by atoms with E-state index in [0.29, 0.717) is 12.6 Å². The third-order valence-corrected chi connectivity index (χ3v) is 5.86. The minimum absolute atomic E-state index is 0.184. The molecule has 2 atom stereocenters. The first-order valence-electron chi connectivity index (χ1n) is 11.5. The van der Waals surface area contributed by atoms with E-state index in [2.05, 4.69) is 60.4 Å². The summed E-state index contributed by atoms with van der Waals surface area (Å²) >= 11 is 0. The van der Waals surface area contributed by atoms with Gasteiger partial charge in [0.25, 0.3) is 0 Å². The van der Waals surface area contributed by atoms with Crippen LogP contribution in [-0.2, 0) is 4.74 Å². The predicted molar refractivity (Wildman–Crippen MR) is 123 cm³/mol. The molecule has 4 nitrogen and oxygen atoms in total. The largest absolute Gasteiger partial charge is 0.444 e. The number of rotatable bonds is 6. The molecule has 1 aromatic carbocycles. The zero-order chi connectivity index (χ0) is 21.6. The van der Waals surface area contributed by atoms with Crippen molar-refractivity contribution in [2.45, 2.75) is 77.5 Å². The van der Waals surface area contributed by atoms with E-state index in [1.165, 1.54) is 17.6 Å². The molecule has 4 heteroatoms. The van der Waals surface area contributed by atoms with E-state index in [9.17, 15) is 4.79 Å². The molecule has 1 amide bonds. The average Bonchev–Trinajstić information content (AvgIpc) is 2.73. The highest BCUT2D eigenvalue weighted by Gasteiger charge is 2.36. The number of hydrogen-bond donors (Lipinski definition) is 0. The molecule has 1 aromatic rings. The molecular weight excluding hydrogens is 372 g/mol. The van der Waals surface area contributed by atoms with Gasteiger partial charge < -0.3 is 9.64 Å². The van der Waals surface area contributed by atoms with Crippen molar-refractivity contribution in [3.05, 3.63) is 59.7 Å². The van der Waals surface area contributed by atoms with Gasteiger partial charge in [0.2, 0.25) is 0 Å². The summed E-state index contributed by atoms with van der Waals surface area (Å²) in [6.45, 7) is 10.3. The number of benzene rings is 1. The molecule has 1 aliphatic heterocycles. The van der Waals surface area contributed by atoms with Crippen molar-refractivity contribution in [1.82, 2.24) is 9.80 Å². The van der Waals surface area contributed by atoms with Crippen LogP contribution in [-0.4, -0.2) is 47.2 Å². The summed E-state index contributed by atoms with van der Waals surface area (Å²) in [6.07, 6.45) is 12.5. The van der Waals surface area contributed by atoms with Gasteiger partial charge in [0.05, 0.1) is 6.04 Å². The van der Waals surface area contributed by atoms with E-state index in [0.717, 1.165) is 38.8 Å². The molecule has 3 rings (SSSR count). The van der Waals surface area contributed by atoms with E-state index < -0.39 is 5.60 Å². The Morgan fingerprint density at radius 2 is 1.93 bits per heavy atom. The molecule has 0 radical (unpaired) electrons. The van der Waals surface area contributed by atoms with Crippen LogP contribution in [0.5, 0.6) is 0 Å². The number of amides is 1. The minimum atomic E-state index is -0.461. The van der Waals surface area contributed by atoms with E-state index >= 15 is 0 Å². The first-order chi connectivity index (χ1) is 14.4. The fourth-order valence-corrected chi connectivity index (χ4v) is 4.45. The van der Waals surface area contributed by atoms with Gasteiger partial charge in [0.15, 0.2) is 0 Å². The van der Waals surface area contributed by atoms with E-state index in [4.69, 9.17) is 4.74 Å². The molecule has 2 aliphatic rings. The maximum atomic E-state index is 12.7. The van der Waals surface area contributed by atoms with Crippen molar-refractivity contribution < 1.29 is 9.53 Å². The highest BCUT2D eigenvalue weighted by molar-refractivity contribution is 5.68. The summed E-state index contributed by atoms with van der Waals surface area (Å²) in [5, 5.41) is 0. The molecule has 0 saturated carbocycles. The summed E-state index contributed by atoms with van der Waals surface area (Å²) in [5.74, 6) is 0. The second-order valence-corrected chi connectivity index (χ2v) is 9.46. The van der Waals surface area contributed by atoms with Crippen LogP contribution in [0.15, 0.2) is 54.1 Å². The van der Waals surface area contributed by atoms with Crippen LogP contribution in [0.3, 0.4) is 0 Å². The Labute approximate surface area is 182 Å². The molecule has 0 bridgehead atoms. The normalized spacial score (nSPS) is 21.3. The molecule has 0 aromatic heterocycles. The lowest BCUT2D eigenvalue weighted by molar-refractivity contribution is -0.00337. The molecule has 1 heterocycles. The fraction of sp³-hybridized carbons (Fsp3) is 0.577. The highest BCUT2D eigenvalue weighted by Crippen LogP contribution is 2.35. The zero-order valence-corrected chi connectivity index (χ0v) is 19.1. The average molecular weight is 411 g/mol. The molecular formula is C26H38N2O2. The van der Waals surface area contributed by atoms with E-state index in [-0.39, 0.29) is 12.1 Å². The van der Waals surface area contributed by atoms with Crippen molar-refractivity contribution in [1.29, 1.82) is 0 Å². The second kappa shape index (κ2) is 10.3. The lowest BCUT2D eigenvalue weighted by Crippen LogP contribution is -2.56. The van der Waals surface area contributed by atoms with Gasteiger partial charge in [-0.3, -0.25) is 4.90 Å². The van der Waals surface area contributed by atoms with Gasteiger partial charge in [-0.15, -0.1) is 0 Å². The Bertz CT molecular complexity index is 748. The van der Waals surface area contributed by atoms with Crippen molar-refractivity contribution in [3.8, 4) is 0 Å². The quantitative estimate of drug-likeness (QED) is 0.567. The highest BCUT2D eigenvalue weighted by atomic mass is 16.6. The Morgan fingerprint density at radius 3 is 2.57 bits per heavy atom. The molecule has 1 fully saturated rings. The monoisotopic (exact) mass is 410 g/mol. The summed E-state index contributed by atoms with van der Waals surface area (Å²) in [7, 11) is 0. The number of ether oxygens (including phenoxy) is 1. The van der Waals surface area contributed by atoms with Crippen molar-refractivity contribution in [2.24, 2.45) is 0 Å². The second-order valence-electron chi connectivity index (χ2n) is 9.46. The lowest BCUT2D eigenvalue weighted by Gasteiger charge is -2.46. The lowest BCUT2D eigenvalue weighted by atomic mass is 9.90. The first-order valence-corrected chi connectivity index (χ1v) is 11.5. The van der Waals surface area contributed by atoms with Gasteiger partial charge in [-0.25, -0.2) is 4.79 Å². The zero-order valence-electron chi connectivity index (χ0n) is 19.1. The topological polar surface area (TPSA) is 32.8 Å². The summed E-state index contributed by atoms with van der Waals surface area (Å²) in [4.78, 5) is 17.3. The summed E-state index contributed by atoms with van der Waals surface area (Å²) in [6, 6.07) is 11.4. The van der Waals surface area contributed by atoms with Crippen LogP contribution in [0.4, 0.5) is 4.79 Å². The predicted octanol–water partition coefficient (Wildman–Crippen LogP) is 6.12. The van der Waals surface area contributed by atoms with Crippen LogP contribution >= 0.6 is 0 Å². The van der Waals surface area contributed by atoms with Crippen LogP contribution in [0.2, 0.25) is 0 Å². The van der Waals surface area contributed by atoms with E-state index in [1.807, 2.05) is 25.7 Å². The number of piperazine rings is 1. The minimum Gasteiger partial charge on any atom is -0.444 e. The van der Waals surface area contributed by atoms with Gasteiger partial charge >= 0.3 is 6.09 Å². The molecule has 2 unspecified atom stereocenters. The number of hydrogen-bond acceptors (Lipinski definition) is 3. The Balaban J connectivity index is 1.85. The number of allylic oxidation sites excluding steroid dienone is 2. The Morgan fingerprint density at radius 1 is 1.17 bits per heavy atom. The molecule has 1 aliphatic carbocycles. The molecule has 1 saturated heterocycles. The van der Waals surface area contributed by atoms with Gasteiger partial charge in [-0.2, -0.15) is 0 Å². The molecule has 0 N–H and O–H groups in total. The van der Waals surface area contributed by atoms with E-state index in [1.54, 1.807) is 0 Å². The fourth-order valence-electron chi connectivity index (χ4n) is 4.45. The van der Waals surface area contributed by atoms with Gasteiger partial charge in [-0.05, 0) is 51.2 Å². The number of unbranched alkanes of at least 4 members (excludes halogenated alkanes) is 1. The Hall–Kier alpha value is -2.07. The maximum Gasteiger partial charge on any atom is 0.410 e. The number of carbonyl (C=O) groups is 1. The summed E-state index contributed by atoms with van der Waals surface area (Å²) < 4.78 is 5.67. The van der Waals surface area contributed by atoms with Gasteiger partial charge in [0, 0.05) is 25.7 Å². The number of nitrogens with zero attached hydrogens (tertiary/aromatic N) is 2. The van der Waals surface area contributed by atoms with Crippen LogP contribution in [0.25, 0.3) is 0 Å². The molecule has 30 heavy (non-hydrogen) atoms. The Kier molecular flexibility index (Phi) is 7.76. The SMILES string of the molecule is CCCCC1CN(C(=O)OC(C)(C)C)CCN1C(C1=CCCC=C1)c1ccccc1. The maximum absolute atomic E-state index is 12.7. The summed E-state index contributed by atoms with van der Waals surface area (Å²) in [5.41, 5.74) is 2.26. The van der Waals surface area contributed by atoms with Crippen molar-refractivity contribution in [2.75, 3.05) is 19.6 Å².